The number of anilines is 1. The average Bonchev–Trinajstić information content (AvgIpc) is 2.34. The molecule has 0 aliphatic carbocycles. The number of nitrogens with two attached hydrogens (primary N) is 1. The molecule has 0 atom stereocenters. The lowest BCUT2D eigenvalue weighted by molar-refractivity contribution is -0.140. The minimum atomic E-state index is -0.272. The summed E-state index contributed by atoms with van der Waals surface area (Å²) in [6.45, 7) is 0.443. The van der Waals surface area contributed by atoms with Gasteiger partial charge in [-0.2, -0.15) is 0 Å². The number of carbonyl (C=O) groups excluding carboxylic acids is 2. The van der Waals surface area contributed by atoms with E-state index in [0.717, 1.165) is 0 Å². The van der Waals surface area contributed by atoms with E-state index in [1.165, 1.54) is 7.11 Å². The molecule has 1 amide bonds. The van der Waals surface area contributed by atoms with Crippen LogP contribution in [-0.2, 0) is 9.53 Å². The van der Waals surface area contributed by atoms with E-state index in [0.29, 0.717) is 30.6 Å². The van der Waals surface area contributed by atoms with Gasteiger partial charge in [-0.05, 0) is 30.7 Å². The summed E-state index contributed by atoms with van der Waals surface area (Å²) in [7, 11) is 1.34. The summed E-state index contributed by atoms with van der Waals surface area (Å²) >= 11 is 0. The summed E-state index contributed by atoms with van der Waals surface area (Å²) in [5, 5.41) is 2.71. The molecular weight excluding hydrogens is 256 g/mol. The Morgan fingerprint density at radius 1 is 1.28 bits per heavy atom. The fourth-order valence-corrected chi connectivity index (χ4v) is 1.27. The first kappa shape index (κ1) is 16.2. The van der Waals surface area contributed by atoms with Crippen molar-refractivity contribution in [2.24, 2.45) is 0 Å². The van der Waals surface area contributed by atoms with Crippen molar-refractivity contribution in [1.82, 2.24) is 5.32 Å². The molecule has 0 fully saturated rings. The van der Waals surface area contributed by atoms with Crippen molar-refractivity contribution in [2.75, 3.05) is 19.4 Å². The van der Waals surface area contributed by atoms with Crippen LogP contribution >= 0.6 is 12.4 Å². The Hall–Kier alpha value is -1.75. The Labute approximate surface area is 112 Å². The lowest BCUT2D eigenvalue weighted by atomic mass is 10.2. The fraction of sp³-hybridized carbons (Fsp3) is 0.333. The number of hydrogen-bond acceptors (Lipinski definition) is 4. The molecule has 0 aliphatic heterocycles. The highest BCUT2D eigenvalue weighted by molar-refractivity contribution is 5.94. The molecule has 0 radical (unpaired) electrons. The van der Waals surface area contributed by atoms with Crippen molar-refractivity contribution in [1.29, 1.82) is 0 Å². The van der Waals surface area contributed by atoms with Gasteiger partial charge in [-0.25, -0.2) is 0 Å². The van der Waals surface area contributed by atoms with Gasteiger partial charge in [0.2, 0.25) is 0 Å². The van der Waals surface area contributed by atoms with E-state index in [2.05, 4.69) is 10.1 Å². The number of rotatable bonds is 5. The average molecular weight is 273 g/mol. The molecule has 1 aromatic carbocycles. The van der Waals surface area contributed by atoms with Gasteiger partial charge in [-0.15, -0.1) is 12.4 Å². The Kier molecular flexibility index (Phi) is 7.54. The van der Waals surface area contributed by atoms with E-state index in [9.17, 15) is 9.59 Å². The van der Waals surface area contributed by atoms with Gasteiger partial charge in [0.15, 0.2) is 0 Å². The van der Waals surface area contributed by atoms with Gasteiger partial charge in [-0.3, -0.25) is 9.59 Å². The Balaban J connectivity index is 0.00000289. The number of methoxy groups -OCH3 is 1. The third-order valence-electron chi connectivity index (χ3n) is 2.24. The first-order valence-electron chi connectivity index (χ1n) is 5.34. The molecule has 0 saturated carbocycles. The number of nitrogens with one attached hydrogen (secondary N) is 1. The lowest BCUT2D eigenvalue weighted by Gasteiger charge is -2.04. The maximum Gasteiger partial charge on any atom is 0.305 e. The standard InChI is InChI=1S/C12H16N2O3.ClH/c1-17-11(15)3-2-8-14-12(16)9-4-6-10(13)7-5-9;/h4-7H,2-3,8,13H2,1H3,(H,14,16);1H. The van der Waals surface area contributed by atoms with Gasteiger partial charge in [0.1, 0.15) is 0 Å². The van der Waals surface area contributed by atoms with E-state index >= 15 is 0 Å². The van der Waals surface area contributed by atoms with Crippen LogP contribution in [0.4, 0.5) is 5.69 Å². The highest BCUT2D eigenvalue weighted by Crippen LogP contribution is 2.05. The lowest BCUT2D eigenvalue weighted by Crippen LogP contribution is -2.24. The first-order chi connectivity index (χ1) is 8.13. The highest BCUT2D eigenvalue weighted by Gasteiger charge is 2.05. The molecule has 0 spiro atoms. The van der Waals surface area contributed by atoms with Crippen LogP contribution in [0, 0.1) is 0 Å². The number of esters is 1. The summed E-state index contributed by atoms with van der Waals surface area (Å²) in [5.74, 6) is -0.443. The predicted molar refractivity (Wildman–Crippen MR) is 71.7 cm³/mol. The molecule has 0 unspecified atom stereocenters. The van der Waals surface area contributed by atoms with Gasteiger partial charge < -0.3 is 15.8 Å². The van der Waals surface area contributed by atoms with Crippen LogP contribution in [0.5, 0.6) is 0 Å². The molecule has 18 heavy (non-hydrogen) atoms. The van der Waals surface area contributed by atoms with Crippen molar-refractivity contribution in [3.63, 3.8) is 0 Å². The van der Waals surface area contributed by atoms with Crippen molar-refractivity contribution in [3.05, 3.63) is 29.8 Å². The van der Waals surface area contributed by atoms with Crippen LogP contribution in [-0.4, -0.2) is 25.5 Å². The number of ether oxygens (including phenoxy) is 1. The fourth-order valence-electron chi connectivity index (χ4n) is 1.27. The Bertz CT molecular complexity index is 393. The molecule has 1 aromatic rings. The molecule has 1 rings (SSSR count). The largest absolute Gasteiger partial charge is 0.469 e. The third kappa shape index (κ3) is 5.54. The zero-order valence-corrected chi connectivity index (χ0v) is 11.0. The summed E-state index contributed by atoms with van der Waals surface area (Å²) in [5.41, 5.74) is 6.68. The predicted octanol–water partition coefficient (Wildman–Crippen LogP) is 1.37. The number of benzene rings is 1. The van der Waals surface area contributed by atoms with Crippen molar-refractivity contribution in [3.8, 4) is 0 Å². The molecule has 0 heterocycles. The maximum absolute atomic E-state index is 11.6. The van der Waals surface area contributed by atoms with E-state index in [1.54, 1.807) is 24.3 Å². The van der Waals surface area contributed by atoms with E-state index in [-0.39, 0.29) is 24.3 Å². The number of amides is 1. The summed E-state index contributed by atoms with van der Waals surface area (Å²) < 4.78 is 4.49. The monoisotopic (exact) mass is 272 g/mol. The number of hydrogen-bond donors (Lipinski definition) is 2. The molecule has 6 heteroatoms. The molecule has 0 bridgehead atoms. The highest BCUT2D eigenvalue weighted by atomic mass is 35.5. The van der Waals surface area contributed by atoms with E-state index in [1.807, 2.05) is 0 Å². The van der Waals surface area contributed by atoms with Gasteiger partial charge in [-0.1, -0.05) is 0 Å². The minimum absolute atomic E-state index is 0. The number of halogens is 1. The summed E-state index contributed by atoms with van der Waals surface area (Å²) in [6.07, 6.45) is 0.867. The van der Waals surface area contributed by atoms with Crippen LogP contribution in [0.1, 0.15) is 23.2 Å². The normalized spacial score (nSPS) is 9.17. The smallest absolute Gasteiger partial charge is 0.305 e. The molecule has 5 nitrogen and oxygen atoms in total. The topological polar surface area (TPSA) is 81.4 Å². The molecular formula is C12H17ClN2O3. The second-order valence-electron chi connectivity index (χ2n) is 3.56. The second kappa shape index (κ2) is 8.36. The molecule has 0 aromatic heterocycles. The maximum atomic E-state index is 11.6. The zero-order valence-electron chi connectivity index (χ0n) is 10.1. The van der Waals surface area contributed by atoms with Crippen molar-refractivity contribution >= 4 is 30.0 Å². The van der Waals surface area contributed by atoms with E-state index < -0.39 is 0 Å². The molecule has 100 valence electrons. The third-order valence-corrected chi connectivity index (χ3v) is 2.24. The number of nitrogen functional groups attached to an aromatic ring is 1. The van der Waals surface area contributed by atoms with Gasteiger partial charge in [0.05, 0.1) is 7.11 Å². The second-order valence-corrected chi connectivity index (χ2v) is 3.56. The van der Waals surface area contributed by atoms with E-state index in [4.69, 9.17) is 5.73 Å². The van der Waals surface area contributed by atoms with Crippen LogP contribution in [0.15, 0.2) is 24.3 Å². The van der Waals surface area contributed by atoms with Crippen LogP contribution in [0.2, 0.25) is 0 Å². The number of carbonyl (C=O) groups is 2. The SMILES string of the molecule is COC(=O)CCCNC(=O)c1ccc(N)cc1.Cl. The Morgan fingerprint density at radius 2 is 1.89 bits per heavy atom. The summed E-state index contributed by atoms with van der Waals surface area (Å²) in [6, 6.07) is 6.66. The van der Waals surface area contributed by atoms with Gasteiger partial charge in [0, 0.05) is 24.2 Å². The van der Waals surface area contributed by atoms with Crippen molar-refractivity contribution in [2.45, 2.75) is 12.8 Å². The molecule has 0 saturated heterocycles. The molecule has 0 aliphatic rings. The van der Waals surface area contributed by atoms with Crippen LogP contribution in [0.25, 0.3) is 0 Å². The zero-order chi connectivity index (χ0) is 12.7. The Morgan fingerprint density at radius 3 is 2.44 bits per heavy atom. The van der Waals surface area contributed by atoms with Crippen LogP contribution in [0.3, 0.4) is 0 Å². The van der Waals surface area contributed by atoms with Crippen molar-refractivity contribution < 1.29 is 14.3 Å². The van der Waals surface area contributed by atoms with Gasteiger partial charge >= 0.3 is 5.97 Å². The van der Waals surface area contributed by atoms with Crippen LogP contribution < -0.4 is 11.1 Å². The first-order valence-corrected chi connectivity index (χ1v) is 5.34. The molecule has 3 N–H and O–H groups in total. The minimum Gasteiger partial charge on any atom is -0.469 e. The quantitative estimate of drug-likeness (QED) is 0.482. The summed E-state index contributed by atoms with van der Waals surface area (Å²) in [4.78, 5) is 22.4. The van der Waals surface area contributed by atoms with Gasteiger partial charge in [0.25, 0.3) is 5.91 Å².